The Balaban J connectivity index is 2.16. The molecule has 0 radical (unpaired) electrons. The number of nitrogens with zero attached hydrogens (tertiary/aromatic N) is 1. The lowest BCUT2D eigenvalue weighted by molar-refractivity contribution is 0.550. The molecule has 0 fully saturated rings. The summed E-state index contributed by atoms with van der Waals surface area (Å²) in [6.07, 6.45) is 2.52. The van der Waals surface area contributed by atoms with E-state index in [-0.39, 0.29) is 0 Å². The number of rotatable bonds is 4. The lowest BCUT2D eigenvalue weighted by atomic mass is 9.98. The van der Waals surface area contributed by atoms with Gasteiger partial charge in [-0.1, -0.05) is 24.6 Å². The third-order valence-electron chi connectivity index (χ3n) is 3.61. The molecule has 1 aromatic carbocycles. The first-order chi connectivity index (χ1) is 8.22. The van der Waals surface area contributed by atoms with E-state index in [0.717, 1.165) is 13.1 Å². The summed E-state index contributed by atoms with van der Waals surface area (Å²) >= 11 is 0. The first kappa shape index (κ1) is 12.4. The van der Waals surface area contributed by atoms with Crippen molar-refractivity contribution in [2.45, 2.75) is 39.7 Å². The van der Waals surface area contributed by atoms with E-state index in [4.69, 9.17) is 0 Å². The molecule has 0 aromatic heterocycles. The van der Waals surface area contributed by atoms with Gasteiger partial charge >= 0.3 is 0 Å². The lowest BCUT2D eigenvalue weighted by Crippen LogP contribution is -2.43. The Hall–Kier alpha value is -1.02. The molecule has 1 unspecified atom stereocenters. The number of likely N-dealkylation sites (N-methyl/N-ethyl adjacent to an activating group) is 1. The van der Waals surface area contributed by atoms with Crippen LogP contribution in [0.25, 0.3) is 0 Å². The molecule has 0 amide bonds. The van der Waals surface area contributed by atoms with Gasteiger partial charge in [0.1, 0.15) is 0 Å². The quantitative estimate of drug-likeness (QED) is 0.858. The standard InChI is InChI=1S/C15H24N2/c1-4-16-11-13(3)17-9-5-6-14-10-12(2)7-8-15(14)17/h7-8,10,13,16H,4-6,9,11H2,1-3H3. The summed E-state index contributed by atoms with van der Waals surface area (Å²) in [5.74, 6) is 0. The predicted octanol–water partition coefficient (Wildman–Crippen LogP) is 2.75. The summed E-state index contributed by atoms with van der Waals surface area (Å²) in [4.78, 5) is 2.56. The molecule has 0 spiro atoms. The average Bonchev–Trinajstić information content (AvgIpc) is 2.34. The molecule has 1 aliphatic rings. The van der Waals surface area contributed by atoms with E-state index in [1.807, 2.05) is 0 Å². The fourth-order valence-electron chi connectivity index (χ4n) is 2.68. The Labute approximate surface area is 105 Å². The van der Waals surface area contributed by atoms with Crippen LogP contribution < -0.4 is 10.2 Å². The zero-order chi connectivity index (χ0) is 12.3. The van der Waals surface area contributed by atoms with E-state index in [9.17, 15) is 0 Å². The number of aryl methyl sites for hydroxylation is 2. The van der Waals surface area contributed by atoms with Gasteiger partial charge in [0.25, 0.3) is 0 Å². The van der Waals surface area contributed by atoms with Gasteiger partial charge in [-0.15, -0.1) is 0 Å². The van der Waals surface area contributed by atoms with Gasteiger partial charge in [-0.25, -0.2) is 0 Å². The fraction of sp³-hybridized carbons (Fsp3) is 0.600. The molecule has 2 nitrogen and oxygen atoms in total. The molecule has 0 bridgehead atoms. The molecular formula is C15H24N2. The van der Waals surface area contributed by atoms with Crippen molar-refractivity contribution in [3.8, 4) is 0 Å². The van der Waals surface area contributed by atoms with Crippen LogP contribution in [0.4, 0.5) is 5.69 Å². The zero-order valence-corrected chi connectivity index (χ0v) is 11.3. The normalized spacial score (nSPS) is 16.8. The van der Waals surface area contributed by atoms with Gasteiger partial charge in [-0.3, -0.25) is 0 Å². The number of anilines is 1. The Morgan fingerprint density at radius 1 is 1.41 bits per heavy atom. The maximum atomic E-state index is 3.45. The highest BCUT2D eigenvalue weighted by Gasteiger charge is 2.20. The second-order valence-electron chi connectivity index (χ2n) is 5.09. The van der Waals surface area contributed by atoms with Crippen molar-refractivity contribution in [3.63, 3.8) is 0 Å². The van der Waals surface area contributed by atoms with Crippen molar-refractivity contribution in [2.24, 2.45) is 0 Å². The summed E-state index contributed by atoms with van der Waals surface area (Å²) in [7, 11) is 0. The molecule has 1 aliphatic heterocycles. The predicted molar refractivity (Wildman–Crippen MR) is 74.9 cm³/mol. The Kier molecular flexibility index (Phi) is 4.06. The third kappa shape index (κ3) is 2.81. The van der Waals surface area contributed by atoms with Crippen LogP contribution in [0.1, 0.15) is 31.4 Å². The van der Waals surface area contributed by atoms with E-state index in [0.29, 0.717) is 6.04 Å². The van der Waals surface area contributed by atoms with Gasteiger partial charge in [-0.2, -0.15) is 0 Å². The molecular weight excluding hydrogens is 208 g/mol. The van der Waals surface area contributed by atoms with Crippen molar-refractivity contribution in [2.75, 3.05) is 24.5 Å². The van der Waals surface area contributed by atoms with Gasteiger partial charge < -0.3 is 10.2 Å². The van der Waals surface area contributed by atoms with Crippen molar-refractivity contribution in [1.82, 2.24) is 5.32 Å². The Morgan fingerprint density at radius 3 is 3.00 bits per heavy atom. The van der Waals surface area contributed by atoms with Gasteiger partial charge in [0.05, 0.1) is 0 Å². The maximum absolute atomic E-state index is 3.45. The third-order valence-corrected chi connectivity index (χ3v) is 3.61. The molecule has 2 heteroatoms. The van der Waals surface area contributed by atoms with Crippen LogP contribution in [0.5, 0.6) is 0 Å². The smallest absolute Gasteiger partial charge is 0.0401 e. The molecule has 1 atom stereocenters. The number of nitrogens with one attached hydrogen (secondary N) is 1. The number of fused-ring (bicyclic) bond motifs is 1. The monoisotopic (exact) mass is 232 g/mol. The van der Waals surface area contributed by atoms with E-state index in [2.05, 4.69) is 49.2 Å². The second kappa shape index (κ2) is 5.54. The number of benzene rings is 1. The van der Waals surface area contributed by atoms with Crippen LogP contribution in [0.2, 0.25) is 0 Å². The van der Waals surface area contributed by atoms with Crippen LogP contribution in [0.3, 0.4) is 0 Å². The first-order valence-electron chi connectivity index (χ1n) is 6.79. The van der Waals surface area contributed by atoms with Gasteiger partial charge in [0.2, 0.25) is 0 Å². The van der Waals surface area contributed by atoms with Crippen molar-refractivity contribution in [3.05, 3.63) is 29.3 Å². The second-order valence-corrected chi connectivity index (χ2v) is 5.09. The lowest BCUT2D eigenvalue weighted by Gasteiger charge is -2.36. The highest BCUT2D eigenvalue weighted by atomic mass is 15.2. The molecule has 0 saturated heterocycles. The van der Waals surface area contributed by atoms with E-state index >= 15 is 0 Å². The van der Waals surface area contributed by atoms with Crippen molar-refractivity contribution < 1.29 is 0 Å². The average molecular weight is 232 g/mol. The molecule has 17 heavy (non-hydrogen) atoms. The maximum Gasteiger partial charge on any atom is 0.0401 e. The van der Waals surface area contributed by atoms with Crippen molar-refractivity contribution >= 4 is 5.69 Å². The molecule has 94 valence electrons. The van der Waals surface area contributed by atoms with E-state index in [1.165, 1.54) is 36.2 Å². The van der Waals surface area contributed by atoms with Crippen LogP contribution >= 0.6 is 0 Å². The van der Waals surface area contributed by atoms with Crippen LogP contribution in [-0.4, -0.2) is 25.7 Å². The first-order valence-corrected chi connectivity index (χ1v) is 6.79. The minimum atomic E-state index is 0.580. The highest BCUT2D eigenvalue weighted by Crippen LogP contribution is 2.29. The molecule has 2 rings (SSSR count). The number of hydrogen-bond acceptors (Lipinski definition) is 2. The highest BCUT2D eigenvalue weighted by molar-refractivity contribution is 5.57. The summed E-state index contributed by atoms with van der Waals surface area (Å²) in [5, 5.41) is 3.45. The minimum Gasteiger partial charge on any atom is -0.367 e. The summed E-state index contributed by atoms with van der Waals surface area (Å²) in [5.41, 5.74) is 4.36. The van der Waals surface area contributed by atoms with E-state index in [1.54, 1.807) is 0 Å². The largest absolute Gasteiger partial charge is 0.367 e. The molecule has 1 N–H and O–H groups in total. The van der Waals surface area contributed by atoms with Crippen molar-refractivity contribution in [1.29, 1.82) is 0 Å². The summed E-state index contributed by atoms with van der Waals surface area (Å²) in [6, 6.07) is 7.46. The van der Waals surface area contributed by atoms with Crippen LogP contribution in [0.15, 0.2) is 18.2 Å². The number of hydrogen-bond donors (Lipinski definition) is 1. The van der Waals surface area contributed by atoms with Gasteiger partial charge in [0.15, 0.2) is 0 Å². The van der Waals surface area contributed by atoms with Crippen LogP contribution in [0, 0.1) is 6.92 Å². The topological polar surface area (TPSA) is 15.3 Å². The summed E-state index contributed by atoms with van der Waals surface area (Å²) < 4.78 is 0. The SMILES string of the molecule is CCNCC(C)N1CCCc2cc(C)ccc21. The Bertz CT molecular complexity index is 373. The van der Waals surface area contributed by atoms with Crippen LogP contribution in [-0.2, 0) is 6.42 Å². The Morgan fingerprint density at radius 2 is 2.24 bits per heavy atom. The molecule has 1 aromatic rings. The van der Waals surface area contributed by atoms with Gasteiger partial charge in [-0.05, 0) is 44.9 Å². The fourth-order valence-corrected chi connectivity index (χ4v) is 2.68. The minimum absolute atomic E-state index is 0.580. The zero-order valence-electron chi connectivity index (χ0n) is 11.3. The van der Waals surface area contributed by atoms with Gasteiger partial charge in [0, 0.05) is 24.8 Å². The summed E-state index contributed by atoms with van der Waals surface area (Å²) in [6.45, 7) is 9.99. The molecule has 1 heterocycles. The molecule has 0 saturated carbocycles. The molecule has 0 aliphatic carbocycles. The van der Waals surface area contributed by atoms with E-state index < -0.39 is 0 Å².